The molecule has 0 spiro atoms. The highest BCUT2D eigenvalue weighted by molar-refractivity contribution is 5.89. The lowest BCUT2D eigenvalue weighted by Gasteiger charge is -2.29. The Hall–Kier alpha value is -2.02. The van der Waals surface area contributed by atoms with Crippen LogP contribution in [-0.2, 0) is 0 Å². The average Bonchev–Trinajstić information content (AvgIpc) is 2.44. The topological polar surface area (TPSA) is 97.0 Å². The minimum atomic E-state index is -0.661. The smallest absolute Gasteiger partial charge is 0.226 e. The van der Waals surface area contributed by atoms with Crippen LogP contribution in [-0.4, -0.2) is 32.2 Å². The Morgan fingerprint density at radius 3 is 2.86 bits per heavy atom. The Bertz CT molecular complexity index is 636. The van der Waals surface area contributed by atoms with Gasteiger partial charge in [0.25, 0.3) is 0 Å². The Labute approximate surface area is 122 Å². The summed E-state index contributed by atoms with van der Waals surface area (Å²) >= 11 is 0. The number of aromatic nitrogens is 3. The number of aliphatic hydroxyl groups excluding tert-OH is 1. The molecule has 6 nitrogen and oxygen atoms in total. The largest absolute Gasteiger partial charge is 0.394 e. The van der Waals surface area contributed by atoms with Crippen LogP contribution in [0.4, 0.5) is 16.2 Å². The number of unbranched alkanes of at least 4 members (excludes halogenated alkanes) is 1. The van der Waals surface area contributed by atoms with Crippen LogP contribution >= 0.6 is 0 Å². The van der Waals surface area contributed by atoms with E-state index in [0.717, 1.165) is 19.3 Å². The van der Waals surface area contributed by atoms with Crippen molar-refractivity contribution in [2.75, 3.05) is 17.7 Å². The molecule has 7 heteroatoms. The Kier molecular flexibility index (Phi) is 4.52. The summed E-state index contributed by atoms with van der Waals surface area (Å²) in [6.45, 7) is 3.83. The van der Waals surface area contributed by atoms with E-state index >= 15 is 0 Å². The maximum absolute atomic E-state index is 14.0. The first-order chi connectivity index (χ1) is 9.99. The first kappa shape index (κ1) is 15.4. The molecule has 2 aromatic rings. The van der Waals surface area contributed by atoms with Crippen LogP contribution in [0, 0.1) is 5.95 Å². The van der Waals surface area contributed by atoms with Crippen LogP contribution in [0.25, 0.3) is 10.9 Å². The predicted molar refractivity (Wildman–Crippen MR) is 80.3 cm³/mol. The number of fused-ring (bicyclic) bond motifs is 1. The molecule has 0 aromatic carbocycles. The fourth-order valence-corrected chi connectivity index (χ4v) is 2.18. The molecule has 0 amide bonds. The molecule has 0 radical (unpaired) electrons. The molecule has 0 saturated heterocycles. The second-order valence-electron chi connectivity index (χ2n) is 5.37. The van der Waals surface area contributed by atoms with E-state index < -0.39 is 11.5 Å². The van der Waals surface area contributed by atoms with Crippen molar-refractivity contribution in [2.24, 2.45) is 0 Å². The average molecular weight is 293 g/mol. The van der Waals surface area contributed by atoms with Gasteiger partial charge in [0, 0.05) is 6.20 Å². The van der Waals surface area contributed by atoms with E-state index in [9.17, 15) is 9.50 Å². The molecule has 0 aliphatic carbocycles. The zero-order valence-electron chi connectivity index (χ0n) is 12.2. The van der Waals surface area contributed by atoms with Crippen LogP contribution in [0.5, 0.6) is 0 Å². The lowest BCUT2D eigenvalue weighted by atomic mass is 9.95. The van der Waals surface area contributed by atoms with Crippen molar-refractivity contribution in [3.8, 4) is 0 Å². The molecule has 0 aliphatic heterocycles. The van der Waals surface area contributed by atoms with Crippen LogP contribution < -0.4 is 11.1 Å². The third-order valence-corrected chi connectivity index (χ3v) is 3.43. The van der Waals surface area contributed by atoms with E-state index in [1.54, 1.807) is 6.07 Å². The standard InChI is InChI=1S/C14H20FN5O/c1-3-4-6-14(2,8-21)20-12-10-9(18-13(16)19-12)5-7-17-11(10)15/h5,7,21H,3-4,6,8H2,1-2H3,(H3,16,18,19,20). The van der Waals surface area contributed by atoms with Crippen molar-refractivity contribution in [1.29, 1.82) is 0 Å². The predicted octanol–water partition coefficient (Wildman–Crippen LogP) is 2.10. The second-order valence-corrected chi connectivity index (χ2v) is 5.37. The van der Waals surface area contributed by atoms with Crippen molar-refractivity contribution in [1.82, 2.24) is 15.0 Å². The number of anilines is 2. The number of nitrogens with two attached hydrogens (primary N) is 1. The quantitative estimate of drug-likeness (QED) is 0.706. The molecule has 1 atom stereocenters. The molecule has 1 unspecified atom stereocenters. The fraction of sp³-hybridized carbons (Fsp3) is 0.500. The molecule has 2 rings (SSSR count). The molecule has 2 heterocycles. The van der Waals surface area contributed by atoms with E-state index in [1.807, 2.05) is 6.92 Å². The monoisotopic (exact) mass is 293 g/mol. The van der Waals surface area contributed by atoms with Gasteiger partial charge < -0.3 is 16.2 Å². The highest BCUT2D eigenvalue weighted by Gasteiger charge is 2.25. The highest BCUT2D eigenvalue weighted by Crippen LogP contribution is 2.27. The van der Waals surface area contributed by atoms with Crippen molar-refractivity contribution in [2.45, 2.75) is 38.6 Å². The summed E-state index contributed by atoms with van der Waals surface area (Å²) in [4.78, 5) is 11.7. The fourth-order valence-electron chi connectivity index (χ4n) is 2.18. The maximum atomic E-state index is 14.0. The number of nitrogens with one attached hydrogen (secondary N) is 1. The minimum Gasteiger partial charge on any atom is -0.394 e. The molecule has 0 aliphatic rings. The van der Waals surface area contributed by atoms with Crippen LogP contribution in [0.1, 0.15) is 33.1 Å². The number of rotatable bonds is 6. The summed E-state index contributed by atoms with van der Waals surface area (Å²) in [7, 11) is 0. The van der Waals surface area contributed by atoms with Crippen molar-refractivity contribution >= 4 is 22.7 Å². The number of pyridine rings is 1. The minimum absolute atomic E-state index is 0.0476. The van der Waals surface area contributed by atoms with E-state index in [4.69, 9.17) is 5.73 Å². The normalized spacial score (nSPS) is 14.1. The van der Waals surface area contributed by atoms with E-state index in [2.05, 4.69) is 27.2 Å². The second kappa shape index (κ2) is 6.17. The first-order valence-corrected chi connectivity index (χ1v) is 6.96. The summed E-state index contributed by atoms with van der Waals surface area (Å²) < 4.78 is 14.0. The maximum Gasteiger partial charge on any atom is 0.226 e. The number of nitrogen functional groups attached to an aromatic ring is 1. The Morgan fingerprint density at radius 2 is 2.19 bits per heavy atom. The molecule has 114 valence electrons. The molecule has 0 fully saturated rings. The molecular weight excluding hydrogens is 273 g/mol. The van der Waals surface area contributed by atoms with Crippen LogP contribution in [0.2, 0.25) is 0 Å². The third kappa shape index (κ3) is 3.36. The van der Waals surface area contributed by atoms with Gasteiger partial charge in [-0.2, -0.15) is 9.37 Å². The number of nitrogens with zero attached hydrogens (tertiary/aromatic N) is 3. The molecular formula is C14H20FN5O. The molecule has 0 bridgehead atoms. The first-order valence-electron chi connectivity index (χ1n) is 6.96. The van der Waals surface area contributed by atoms with Gasteiger partial charge in [0.2, 0.25) is 11.9 Å². The van der Waals surface area contributed by atoms with E-state index in [1.165, 1.54) is 6.20 Å². The molecule has 21 heavy (non-hydrogen) atoms. The SMILES string of the molecule is CCCCC(C)(CO)Nc1nc(N)nc2ccnc(F)c12. The van der Waals surface area contributed by atoms with Crippen molar-refractivity contribution in [3.05, 3.63) is 18.2 Å². The third-order valence-electron chi connectivity index (χ3n) is 3.43. The van der Waals surface area contributed by atoms with Crippen molar-refractivity contribution < 1.29 is 9.50 Å². The highest BCUT2D eigenvalue weighted by atomic mass is 19.1. The van der Waals surface area contributed by atoms with Gasteiger partial charge in [0.15, 0.2) is 0 Å². The zero-order valence-corrected chi connectivity index (χ0v) is 12.2. The van der Waals surface area contributed by atoms with Gasteiger partial charge >= 0.3 is 0 Å². The summed E-state index contributed by atoms with van der Waals surface area (Å²) in [6, 6.07) is 1.57. The van der Waals surface area contributed by atoms with Gasteiger partial charge in [-0.05, 0) is 19.4 Å². The van der Waals surface area contributed by atoms with Gasteiger partial charge in [0.1, 0.15) is 5.82 Å². The molecule has 2 aromatic heterocycles. The van der Waals surface area contributed by atoms with Crippen LogP contribution in [0.15, 0.2) is 12.3 Å². The Morgan fingerprint density at radius 1 is 1.43 bits per heavy atom. The molecule has 4 N–H and O–H groups in total. The summed E-state index contributed by atoms with van der Waals surface area (Å²) in [6.07, 6.45) is 3.99. The molecule has 0 saturated carbocycles. The van der Waals surface area contributed by atoms with Gasteiger partial charge in [-0.1, -0.05) is 19.8 Å². The van der Waals surface area contributed by atoms with Gasteiger partial charge in [-0.25, -0.2) is 9.97 Å². The lowest BCUT2D eigenvalue weighted by molar-refractivity contribution is 0.212. The number of aliphatic hydroxyl groups is 1. The van der Waals surface area contributed by atoms with E-state index in [0.29, 0.717) is 5.52 Å². The van der Waals surface area contributed by atoms with Crippen molar-refractivity contribution in [3.63, 3.8) is 0 Å². The Balaban J connectivity index is 2.45. The summed E-state index contributed by atoms with van der Waals surface area (Å²) in [5.41, 5.74) is 5.45. The van der Waals surface area contributed by atoms with Gasteiger partial charge in [-0.3, -0.25) is 0 Å². The number of hydrogen-bond acceptors (Lipinski definition) is 6. The summed E-state index contributed by atoms with van der Waals surface area (Å²) in [5.74, 6) is -0.354. The van der Waals surface area contributed by atoms with Crippen LogP contribution in [0.3, 0.4) is 0 Å². The lowest BCUT2D eigenvalue weighted by Crippen LogP contribution is -2.39. The zero-order chi connectivity index (χ0) is 15.5. The van der Waals surface area contributed by atoms with E-state index in [-0.39, 0.29) is 23.8 Å². The summed E-state index contributed by atoms with van der Waals surface area (Å²) in [5, 5.41) is 12.9. The number of halogens is 1. The number of hydrogen-bond donors (Lipinski definition) is 3. The van der Waals surface area contributed by atoms with Gasteiger partial charge in [-0.15, -0.1) is 0 Å². The van der Waals surface area contributed by atoms with Gasteiger partial charge in [0.05, 0.1) is 23.0 Å².